The highest BCUT2D eigenvalue weighted by atomic mass is 16.5. The Hall–Kier alpha value is -3.62. The lowest BCUT2D eigenvalue weighted by atomic mass is 10.3. The van der Waals surface area contributed by atoms with E-state index in [4.69, 9.17) is 9.47 Å². The number of carbonyl (C=O) groups excluding carboxylic acids is 1. The first-order valence-electron chi connectivity index (χ1n) is 8.16. The minimum Gasteiger partial charge on any atom is -0.497 e. The van der Waals surface area contributed by atoms with Crippen molar-refractivity contribution in [1.29, 1.82) is 0 Å². The molecule has 0 bridgehead atoms. The molecule has 0 radical (unpaired) electrons. The standard InChI is InChI=1S/C18H19N5O4/c1-11-9-16(24)21-18(19-11)23-15(8-12(2)22-23)20-17(25)10-27-14-6-4-13(26-3)5-7-14/h4-9H,10H2,1-3H3,(H,20,25)(H,19,21,24). The predicted molar refractivity (Wildman–Crippen MR) is 98.6 cm³/mol. The van der Waals surface area contributed by atoms with Gasteiger partial charge in [0.1, 0.15) is 17.3 Å². The monoisotopic (exact) mass is 369 g/mol. The van der Waals surface area contributed by atoms with E-state index in [9.17, 15) is 9.59 Å². The molecule has 0 spiro atoms. The van der Waals surface area contributed by atoms with Gasteiger partial charge in [0, 0.05) is 17.8 Å². The minimum absolute atomic E-state index is 0.186. The molecule has 27 heavy (non-hydrogen) atoms. The molecule has 0 fully saturated rings. The lowest BCUT2D eigenvalue weighted by molar-refractivity contribution is -0.118. The highest BCUT2D eigenvalue weighted by molar-refractivity contribution is 5.91. The summed E-state index contributed by atoms with van der Waals surface area (Å²) in [6.07, 6.45) is 0. The summed E-state index contributed by atoms with van der Waals surface area (Å²) in [5.74, 6) is 1.47. The predicted octanol–water partition coefficient (Wildman–Crippen LogP) is 1.60. The van der Waals surface area contributed by atoms with Gasteiger partial charge in [-0.05, 0) is 38.1 Å². The lowest BCUT2D eigenvalue weighted by Gasteiger charge is -2.09. The second-order valence-electron chi connectivity index (χ2n) is 5.81. The van der Waals surface area contributed by atoms with Crippen LogP contribution in [0.2, 0.25) is 0 Å². The molecular weight excluding hydrogens is 350 g/mol. The third-order valence-electron chi connectivity index (χ3n) is 3.59. The highest BCUT2D eigenvalue weighted by Crippen LogP contribution is 2.17. The van der Waals surface area contributed by atoms with Gasteiger partial charge in [0.25, 0.3) is 11.5 Å². The van der Waals surface area contributed by atoms with Gasteiger partial charge in [-0.15, -0.1) is 0 Å². The number of anilines is 1. The number of H-pyrrole nitrogens is 1. The summed E-state index contributed by atoms with van der Waals surface area (Å²) in [6, 6.07) is 9.95. The first kappa shape index (κ1) is 18.2. The van der Waals surface area contributed by atoms with Crippen molar-refractivity contribution in [3.8, 4) is 17.4 Å². The maximum atomic E-state index is 12.2. The van der Waals surface area contributed by atoms with E-state index in [2.05, 4.69) is 20.4 Å². The number of aromatic nitrogens is 4. The van der Waals surface area contributed by atoms with Gasteiger partial charge in [-0.2, -0.15) is 9.78 Å². The first-order valence-corrected chi connectivity index (χ1v) is 8.16. The van der Waals surface area contributed by atoms with Crippen molar-refractivity contribution in [2.75, 3.05) is 19.0 Å². The molecule has 0 saturated carbocycles. The third kappa shape index (κ3) is 4.51. The molecule has 3 rings (SSSR count). The van der Waals surface area contributed by atoms with Crippen LogP contribution in [0.25, 0.3) is 5.95 Å². The summed E-state index contributed by atoms with van der Waals surface area (Å²) in [6.45, 7) is 3.29. The quantitative estimate of drug-likeness (QED) is 0.683. The fraction of sp³-hybridized carbons (Fsp3) is 0.222. The van der Waals surface area contributed by atoms with E-state index in [0.717, 1.165) is 0 Å². The number of methoxy groups -OCH3 is 1. The number of rotatable bonds is 6. The molecule has 2 N–H and O–H groups in total. The lowest BCUT2D eigenvalue weighted by Crippen LogP contribution is -2.23. The van der Waals surface area contributed by atoms with Crippen molar-refractivity contribution in [3.63, 3.8) is 0 Å². The zero-order valence-electron chi connectivity index (χ0n) is 15.1. The molecule has 3 aromatic rings. The molecule has 0 atom stereocenters. The van der Waals surface area contributed by atoms with Crippen molar-refractivity contribution in [2.45, 2.75) is 13.8 Å². The molecule has 9 heteroatoms. The van der Waals surface area contributed by atoms with Gasteiger partial charge in [-0.3, -0.25) is 14.6 Å². The van der Waals surface area contributed by atoms with Crippen LogP contribution in [0.15, 0.2) is 41.2 Å². The van der Waals surface area contributed by atoms with Crippen molar-refractivity contribution >= 4 is 11.7 Å². The Morgan fingerprint density at radius 1 is 1.15 bits per heavy atom. The van der Waals surface area contributed by atoms with E-state index in [1.807, 2.05) is 0 Å². The smallest absolute Gasteiger partial charge is 0.263 e. The zero-order valence-corrected chi connectivity index (χ0v) is 15.1. The Kier molecular flexibility index (Phi) is 5.20. The number of carbonyl (C=O) groups is 1. The fourth-order valence-electron chi connectivity index (χ4n) is 2.41. The Bertz CT molecular complexity index is 1010. The van der Waals surface area contributed by atoms with Gasteiger partial charge in [-0.25, -0.2) is 4.98 Å². The summed E-state index contributed by atoms with van der Waals surface area (Å²) in [7, 11) is 1.57. The number of nitrogens with one attached hydrogen (secondary N) is 2. The van der Waals surface area contributed by atoms with E-state index >= 15 is 0 Å². The van der Waals surface area contributed by atoms with Gasteiger partial charge in [-0.1, -0.05) is 0 Å². The summed E-state index contributed by atoms with van der Waals surface area (Å²) < 4.78 is 11.9. The third-order valence-corrected chi connectivity index (χ3v) is 3.59. The van der Waals surface area contributed by atoms with Crippen LogP contribution >= 0.6 is 0 Å². The Balaban J connectivity index is 1.71. The molecule has 2 aromatic heterocycles. The van der Waals surface area contributed by atoms with Crippen molar-refractivity contribution in [2.24, 2.45) is 0 Å². The largest absolute Gasteiger partial charge is 0.497 e. The molecule has 1 amide bonds. The van der Waals surface area contributed by atoms with Crippen LogP contribution in [0.4, 0.5) is 5.82 Å². The highest BCUT2D eigenvalue weighted by Gasteiger charge is 2.13. The molecule has 9 nitrogen and oxygen atoms in total. The second-order valence-corrected chi connectivity index (χ2v) is 5.81. The zero-order chi connectivity index (χ0) is 19.4. The van der Waals surface area contributed by atoms with Crippen molar-refractivity contribution < 1.29 is 14.3 Å². The molecule has 0 unspecified atom stereocenters. The Morgan fingerprint density at radius 3 is 2.52 bits per heavy atom. The summed E-state index contributed by atoms with van der Waals surface area (Å²) in [5.41, 5.74) is 0.901. The number of benzene rings is 1. The molecule has 0 aliphatic heterocycles. The Morgan fingerprint density at radius 2 is 1.85 bits per heavy atom. The molecular formula is C18H19N5O4. The van der Waals surface area contributed by atoms with Gasteiger partial charge < -0.3 is 14.8 Å². The van der Waals surface area contributed by atoms with Crippen LogP contribution in [0, 0.1) is 13.8 Å². The molecule has 0 saturated heterocycles. The minimum atomic E-state index is -0.373. The fourth-order valence-corrected chi connectivity index (χ4v) is 2.41. The van der Waals surface area contributed by atoms with Gasteiger partial charge in [0.05, 0.1) is 12.8 Å². The second kappa shape index (κ2) is 7.73. The van der Waals surface area contributed by atoms with Gasteiger partial charge in [0.15, 0.2) is 6.61 Å². The summed E-state index contributed by atoms with van der Waals surface area (Å²) in [5, 5.41) is 6.98. The molecule has 0 aliphatic carbocycles. The van der Waals surface area contributed by atoms with Crippen LogP contribution < -0.4 is 20.3 Å². The topological polar surface area (TPSA) is 111 Å². The van der Waals surface area contributed by atoms with Gasteiger partial charge >= 0.3 is 0 Å². The van der Waals surface area contributed by atoms with Crippen molar-refractivity contribution in [1.82, 2.24) is 19.7 Å². The molecule has 1 aromatic carbocycles. The number of aromatic amines is 1. The van der Waals surface area contributed by atoms with Crippen LogP contribution in [-0.4, -0.2) is 39.4 Å². The Labute approximate surface area is 155 Å². The average Bonchev–Trinajstić information content (AvgIpc) is 3.00. The number of aryl methyl sites for hydroxylation is 2. The summed E-state index contributed by atoms with van der Waals surface area (Å²) in [4.78, 5) is 30.8. The maximum absolute atomic E-state index is 12.2. The van der Waals surface area contributed by atoms with Crippen LogP contribution in [0.1, 0.15) is 11.4 Å². The van der Waals surface area contributed by atoms with E-state index in [1.54, 1.807) is 51.3 Å². The number of ether oxygens (including phenoxy) is 2. The van der Waals surface area contributed by atoms with Gasteiger partial charge in [0.2, 0.25) is 5.95 Å². The molecule has 0 aliphatic rings. The maximum Gasteiger partial charge on any atom is 0.263 e. The van der Waals surface area contributed by atoms with E-state index in [1.165, 1.54) is 10.7 Å². The normalized spacial score (nSPS) is 10.5. The number of amides is 1. The number of nitrogens with zero attached hydrogens (tertiary/aromatic N) is 3. The summed E-state index contributed by atoms with van der Waals surface area (Å²) >= 11 is 0. The molecule has 2 heterocycles. The van der Waals surface area contributed by atoms with E-state index in [-0.39, 0.29) is 24.0 Å². The van der Waals surface area contributed by atoms with E-state index < -0.39 is 0 Å². The van der Waals surface area contributed by atoms with Crippen molar-refractivity contribution in [3.05, 3.63) is 58.1 Å². The van der Waals surface area contributed by atoms with Crippen LogP contribution in [0.3, 0.4) is 0 Å². The van der Waals surface area contributed by atoms with E-state index in [0.29, 0.717) is 28.7 Å². The SMILES string of the molecule is COc1ccc(OCC(=O)Nc2cc(C)nn2-c2nc(C)cc(=O)[nH]2)cc1. The van der Waals surface area contributed by atoms with Crippen LogP contribution in [0.5, 0.6) is 11.5 Å². The number of hydrogen-bond acceptors (Lipinski definition) is 6. The average molecular weight is 369 g/mol. The first-order chi connectivity index (χ1) is 12.9. The van der Waals surface area contributed by atoms with Crippen LogP contribution in [-0.2, 0) is 4.79 Å². The number of hydrogen-bond donors (Lipinski definition) is 2. The molecule has 140 valence electrons.